The van der Waals surface area contributed by atoms with E-state index >= 15 is 0 Å². The molecule has 0 saturated carbocycles. The van der Waals surface area contributed by atoms with Crippen LogP contribution in [0.1, 0.15) is 5.56 Å². The fraction of sp³-hybridized carbons (Fsp3) is 0.0769. The van der Waals surface area contributed by atoms with Crippen molar-refractivity contribution in [3.8, 4) is 0 Å². The van der Waals surface area contributed by atoms with Gasteiger partial charge in [-0.3, -0.25) is 0 Å². The first kappa shape index (κ1) is 11.0. The standard InChI is InChI=1S/C13H8N2O2/c1-9-5-6-10-11(13(9)15-8-17)3-2-4-12(10)14-7-16/h2-6H,1H3. The van der Waals surface area contributed by atoms with Gasteiger partial charge in [0.1, 0.15) is 0 Å². The Labute approximate surface area is 97.3 Å². The van der Waals surface area contributed by atoms with Gasteiger partial charge in [-0.1, -0.05) is 24.3 Å². The molecule has 0 aliphatic rings. The molecule has 0 radical (unpaired) electrons. The van der Waals surface area contributed by atoms with Crippen molar-refractivity contribution in [1.29, 1.82) is 0 Å². The van der Waals surface area contributed by atoms with E-state index in [1.165, 1.54) is 12.2 Å². The van der Waals surface area contributed by atoms with Crippen molar-refractivity contribution < 1.29 is 9.59 Å². The van der Waals surface area contributed by atoms with Gasteiger partial charge < -0.3 is 0 Å². The molecule has 17 heavy (non-hydrogen) atoms. The van der Waals surface area contributed by atoms with Gasteiger partial charge in [-0.05, 0) is 18.6 Å². The van der Waals surface area contributed by atoms with Crippen LogP contribution in [0.2, 0.25) is 0 Å². The number of aliphatic imine (C=N–C) groups is 2. The number of fused-ring (bicyclic) bond motifs is 1. The van der Waals surface area contributed by atoms with Crippen molar-refractivity contribution in [3.05, 3.63) is 35.9 Å². The molecule has 0 bridgehead atoms. The van der Waals surface area contributed by atoms with Crippen LogP contribution in [0.5, 0.6) is 0 Å². The number of isocyanates is 2. The third-order valence-electron chi connectivity index (χ3n) is 2.54. The summed E-state index contributed by atoms with van der Waals surface area (Å²) in [6, 6.07) is 8.94. The van der Waals surface area contributed by atoms with Gasteiger partial charge in [0.05, 0.1) is 11.4 Å². The molecule has 0 spiro atoms. The minimum Gasteiger partial charge on any atom is -0.211 e. The first-order valence-electron chi connectivity index (χ1n) is 4.96. The minimum absolute atomic E-state index is 0.514. The molecule has 0 aliphatic carbocycles. The third kappa shape index (κ3) is 1.91. The van der Waals surface area contributed by atoms with E-state index < -0.39 is 0 Å². The van der Waals surface area contributed by atoms with Crippen LogP contribution >= 0.6 is 0 Å². The van der Waals surface area contributed by atoms with E-state index in [0.29, 0.717) is 11.4 Å². The predicted octanol–water partition coefficient (Wildman–Crippen LogP) is 3.08. The van der Waals surface area contributed by atoms with Gasteiger partial charge in [0.2, 0.25) is 12.2 Å². The SMILES string of the molecule is Cc1ccc2c(N=C=O)cccc2c1N=C=O. The highest BCUT2D eigenvalue weighted by Gasteiger charge is 2.06. The Hall–Kier alpha value is -2.54. The average molecular weight is 224 g/mol. The third-order valence-corrected chi connectivity index (χ3v) is 2.54. The van der Waals surface area contributed by atoms with Gasteiger partial charge >= 0.3 is 0 Å². The summed E-state index contributed by atoms with van der Waals surface area (Å²) < 4.78 is 0. The molecule has 0 N–H and O–H groups in total. The van der Waals surface area contributed by atoms with E-state index in [-0.39, 0.29) is 0 Å². The Morgan fingerprint density at radius 1 is 0.941 bits per heavy atom. The molecule has 2 rings (SSSR count). The topological polar surface area (TPSA) is 58.9 Å². The summed E-state index contributed by atoms with van der Waals surface area (Å²) in [5, 5.41) is 1.53. The van der Waals surface area contributed by atoms with Crippen LogP contribution < -0.4 is 0 Å². The van der Waals surface area contributed by atoms with E-state index in [0.717, 1.165) is 16.3 Å². The molecule has 82 valence electrons. The zero-order valence-electron chi connectivity index (χ0n) is 9.10. The average Bonchev–Trinajstić information content (AvgIpc) is 2.34. The molecule has 0 unspecified atom stereocenters. The van der Waals surface area contributed by atoms with Gasteiger partial charge in [0.15, 0.2) is 0 Å². The summed E-state index contributed by atoms with van der Waals surface area (Å²) in [4.78, 5) is 28.0. The Balaban J connectivity index is 2.91. The molecule has 0 heterocycles. The number of rotatable bonds is 2. The van der Waals surface area contributed by atoms with Crippen LogP contribution in [0, 0.1) is 6.92 Å². The molecule has 0 saturated heterocycles. The number of hydrogen-bond acceptors (Lipinski definition) is 4. The lowest BCUT2D eigenvalue weighted by molar-refractivity contribution is 0.564. The van der Waals surface area contributed by atoms with Crippen LogP contribution in [0.3, 0.4) is 0 Å². The van der Waals surface area contributed by atoms with Gasteiger partial charge in [0, 0.05) is 10.8 Å². The monoisotopic (exact) mass is 224 g/mol. The molecule has 0 aromatic heterocycles. The highest BCUT2D eigenvalue weighted by Crippen LogP contribution is 2.34. The number of benzene rings is 2. The molecule has 4 nitrogen and oxygen atoms in total. The maximum atomic E-state index is 10.4. The number of hydrogen-bond donors (Lipinski definition) is 0. The maximum absolute atomic E-state index is 10.4. The summed E-state index contributed by atoms with van der Waals surface area (Å²) in [5.41, 5.74) is 1.94. The first-order valence-corrected chi connectivity index (χ1v) is 4.96. The minimum atomic E-state index is 0.514. The Kier molecular flexibility index (Phi) is 2.93. The van der Waals surface area contributed by atoms with Crippen molar-refractivity contribution in [2.75, 3.05) is 0 Å². The van der Waals surface area contributed by atoms with E-state index in [1.807, 2.05) is 25.1 Å². The summed E-state index contributed by atoms with van der Waals surface area (Å²) in [7, 11) is 0. The quantitative estimate of drug-likeness (QED) is 0.581. The van der Waals surface area contributed by atoms with E-state index in [4.69, 9.17) is 0 Å². The second-order valence-corrected chi connectivity index (χ2v) is 3.51. The van der Waals surface area contributed by atoms with Gasteiger partial charge in [-0.2, -0.15) is 9.98 Å². The summed E-state index contributed by atoms with van der Waals surface area (Å²) in [6.07, 6.45) is 3.04. The maximum Gasteiger partial charge on any atom is 0.240 e. The fourth-order valence-corrected chi connectivity index (χ4v) is 1.78. The van der Waals surface area contributed by atoms with Crippen molar-refractivity contribution in [2.24, 2.45) is 9.98 Å². The van der Waals surface area contributed by atoms with Crippen LogP contribution in [-0.2, 0) is 9.59 Å². The molecular formula is C13H8N2O2. The summed E-state index contributed by atoms with van der Waals surface area (Å²) in [6.45, 7) is 1.85. The predicted molar refractivity (Wildman–Crippen MR) is 64.2 cm³/mol. The van der Waals surface area contributed by atoms with Gasteiger partial charge in [-0.15, -0.1) is 0 Å². The van der Waals surface area contributed by atoms with E-state index in [1.54, 1.807) is 12.1 Å². The largest absolute Gasteiger partial charge is 0.240 e. The second-order valence-electron chi connectivity index (χ2n) is 3.51. The van der Waals surface area contributed by atoms with Crippen LogP contribution in [0.15, 0.2) is 40.3 Å². The molecule has 2 aromatic rings. The Morgan fingerprint density at radius 3 is 2.41 bits per heavy atom. The smallest absolute Gasteiger partial charge is 0.211 e. The normalized spacial score (nSPS) is 9.47. The summed E-state index contributed by atoms with van der Waals surface area (Å²) in [5.74, 6) is 0. The van der Waals surface area contributed by atoms with Gasteiger partial charge in [-0.25, -0.2) is 9.59 Å². The molecule has 4 heteroatoms. The zero-order valence-corrected chi connectivity index (χ0v) is 9.10. The van der Waals surface area contributed by atoms with E-state index in [9.17, 15) is 9.59 Å². The van der Waals surface area contributed by atoms with Crippen molar-refractivity contribution in [2.45, 2.75) is 6.92 Å². The summed E-state index contributed by atoms with van der Waals surface area (Å²) >= 11 is 0. The van der Waals surface area contributed by atoms with Crippen molar-refractivity contribution >= 4 is 34.3 Å². The van der Waals surface area contributed by atoms with Gasteiger partial charge in [0.25, 0.3) is 0 Å². The molecule has 2 aromatic carbocycles. The number of carbonyl (C=O) groups excluding carboxylic acids is 2. The number of nitrogens with zero attached hydrogens (tertiary/aromatic N) is 2. The molecule has 0 fully saturated rings. The number of aryl methyl sites for hydroxylation is 1. The van der Waals surface area contributed by atoms with Crippen LogP contribution in [-0.4, -0.2) is 12.2 Å². The lowest BCUT2D eigenvalue weighted by Gasteiger charge is -2.05. The second kappa shape index (κ2) is 4.54. The lowest BCUT2D eigenvalue weighted by atomic mass is 10.0. The van der Waals surface area contributed by atoms with E-state index in [2.05, 4.69) is 9.98 Å². The van der Waals surface area contributed by atoms with Crippen molar-refractivity contribution in [3.63, 3.8) is 0 Å². The molecule has 0 amide bonds. The molecular weight excluding hydrogens is 216 g/mol. The molecule has 0 aliphatic heterocycles. The lowest BCUT2D eigenvalue weighted by Crippen LogP contribution is -1.79. The van der Waals surface area contributed by atoms with Crippen LogP contribution in [0.4, 0.5) is 11.4 Å². The van der Waals surface area contributed by atoms with Crippen molar-refractivity contribution in [1.82, 2.24) is 0 Å². The zero-order chi connectivity index (χ0) is 12.3. The molecule has 0 atom stereocenters. The fourth-order valence-electron chi connectivity index (χ4n) is 1.78. The Morgan fingerprint density at radius 2 is 1.71 bits per heavy atom. The Bertz CT molecular complexity index is 679. The first-order chi connectivity index (χ1) is 8.27. The highest BCUT2D eigenvalue weighted by atomic mass is 16.1. The highest BCUT2D eigenvalue weighted by molar-refractivity contribution is 6.01. The van der Waals surface area contributed by atoms with Crippen LogP contribution in [0.25, 0.3) is 10.8 Å².